The smallest absolute Gasteiger partial charge is 0.270 e. The quantitative estimate of drug-likeness (QED) is 0.818. The van der Waals surface area contributed by atoms with Crippen molar-refractivity contribution < 1.29 is 9.53 Å². The minimum atomic E-state index is -0.156. The molecule has 116 valence electrons. The molecule has 0 radical (unpaired) electrons. The molecule has 7 nitrogen and oxygen atoms in total. The lowest BCUT2D eigenvalue weighted by atomic mass is 10.3. The van der Waals surface area contributed by atoms with E-state index in [-0.39, 0.29) is 5.91 Å². The Balaban J connectivity index is 2.05. The monoisotopic (exact) mass is 293 g/mol. The van der Waals surface area contributed by atoms with Crippen molar-refractivity contribution in [1.82, 2.24) is 20.2 Å². The first-order valence-corrected chi connectivity index (χ1v) is 7.17. The van der Waals surface area contributed by atoms with Crippen molar-refractivity contribution >= 4 is 11.7 Å². The number of nitrogens with one attached hydrogen (secondary N) is 1. The number of aromatic nitrogens is 2. The summed E-state index contributed by atoms with van der Waals surface area (Å²) in [6.07, 6.45) is 0. The SMILES string of the molecule is Cc1nc(C(=O)NCCN(C)C)cc(N2CCOCC2)n1. The minimum absolute atomic E-state index is 0.156. The molecule has 0 bridgehead atoms. The number of rotatable bonds is 5. The van der Waals surface area contributed by atoms with Gasteiger partial charge in [0.1, 0.15) is 17.3 Å². The van der Waals surface area contributed by atoms with Crippen LogP contribution in [-0.2, 0) is 4.74 Å². The average molecular weight is 293 g/mol. The van der Waals surface area contributed by atoms with E-state index in [2.05, 4.69) is 20.2 Å². The average Bonchev–Trinajstić information content (AvgIpc) is 2.47. The molecule has 1 amide bonds. The van der Waals surface area contributed by atoms with Crippen LogP contribution in [0.25, 0.3) is 0 Å². The second-order valence-electron chi connectivity index (χ2n) is 5.32. The van der Waals surface area contributed by atoms with E-state index < -0.39 is 0 Å². The second kappa shape index (κ2) is 7.33. The number of ether oxygens (including phenoxy) is 1. The molecule has 1 aromatic heterocycles. The van der Waals surface area contributed by atoms with Crippen LogP contribution in [0.1, 0.15) is 16.3 Å². The summed E-state index contributed by atoms with van der Waals surface area (Å²) < 4.78 is 5.34. The lowest BCUT2D eigenvalue weighted by molar-refractivity contribution is 0.0945. The number of morpholine rings is 1. The molecular weight excluding hydrogens is 270 g/mol. The van der Waals surface area contributed by atoms with Gasteiger partial charge in [0.2, 0.25) is 0 Å². The number of likely N-dealkylation sites (N-methyl/N-ethyl adjacent to an activating group) is 1. The third-order valence-corrected chi connectivity index (χ3v) is 3.24. The maximum absolute atomic E-state index is 12.2. The fourth-order valence-corrected chi connectivity index (χ4v) is 2.11. The summed E-state index contributed by atoms with van der Waals surface area (Å²) in [7, 11) is 3.94. The van der Waals surface area contributed by atoms with Gasteiger partial charge in [0, 0.05) is 32.2 Å². The Kier molecular flexibility index (Phi) is 5.46. The van der Waals surface area contributed by atoms with Crippen LogP contribution >= 0.6 is 0 Å². The third-order valence-electron chi connectivity index (χ3n) is 3.24. The van der Waals surface area contributed by atoms with Crippen LogP contribution in [0.3, 0.4) is 0 Å². The van der Waals surface area contributed by atoms with Gasteiger partial charge in [-0.25, -0.2) is 9.97 Å². The summed E-state index contributed by atoms with van der Waals surface area (Å²) in [4.78, 5) is 24.9. The van der Waals surface area contributed by atoms with Crippen molar-refractivity contribution in [3.05, 3.63) is 17.6 Å². The van der Waals surface area contributed by atoms with Gasteiger partial charge >= 0.3 is 0 Å². The van der Waals surface area contributed by atoms with Crippen molar-refractivity contribution in [3.8, 4) is 0 Å². The maximum Gasteiger partial charge on any atom is 0.270 e. The van der Waals surface area contributed by atoms with Crippen molar-refractivity contribution in [3.63, 3.8) is 0 Å². The Labute approximate surface area is 125 Å². The third kappa shape index (κ3) is 4.64. The first-order chi connectivity index (χ1) is 10.1. The van der Waals surface area contributed by atoms with E-state index in [0.717, 1.165) is 25.5 Å². The number of anilines is 1. The number of hydrogen-bond donors (Lipinski definition) is 1. The van der Waals surface area contributed by atoms with Crippen molar-refractivity contribution in [2.24, 2.45) is 0 Å². The van der Waals surface area contributed by atoms with Crippen LogP contribution in [0, 0.1) is 6.92 Å². The molecular formula is C14H23N5O2. The zero-order valence-electron chi connectivity index (χ0n) is 12.9. The van der Waals surface area contributed by atoms with Crippen LogP contribution in [-0.4, -0.2) is 74.3 Å². The molecule has 7 heteroatoms. The summed E-state index contributed by atoms with van der Waals surface area (Å²) in [5.74, 6) is 1.25. The van der Waals surface area contributed by atoms with Crippen LogP contribution in [0.2, 0.25) is 0 Å². The predicted octanol–water partition coefficient (Wildman–Crippen LogP) is -0.0870. The normalized spacial score (nSPS) is 15.3. The van der Waals surface area contributed by atoms with E-state index in [4.69, 9.17) is 4.74 Å². The van der Waals surface area contributed by atoms with E-state index in [1.807, 2.05) is 19.0 Å². The number of carbonyl (C=O) groups excluding carboxylic acids is 1. The van der Waals surface area contributed by atoms with E-state index in [1.165, 1.54) is 0 Å². The molecule has 1 aromatic rings. The van der Waals surface area contributed by atoms with E-state index >= 15 is 0 Å². The fourth-order valence-electron chi connectivity index (χ4n) is 2.11. The molecule has 0 unspecified atom stereocenters. The van der Waals surface area contributed by atoms with Crippen LogP contribution in [0.5, 0.6) is 0 Å². The lowest BCUT2D eigenvalue weighted by Gasteiger charge is -2.28. The van der Waals surface area contributed by atoms with Gasteiger partial charge in [0.25, 0.3) is 5.91 Å². The van der Waals surface area contributed by atoms with Gasteiger partial charge in [-0.05, 0) is 21.0 Å². The molecule has 0 aromatic carbocycles. The second-order valence-corrected chi connectivity index (χ2v) is 5.32. The predicted molar refractivity (Wildman–Crippen MR) is 80.7 cm³/mol. The molecule has 1 fully saturated rings. The Hall–Kier alpha value is -1.73. The number of amides is 1. The zero-order valence-corrected chi connectivity index (χ0v) is 12.9. The van der Waals surface area contributed by atoms with Crippen molar-refractivity contribution in [2.75, 3.05) is 58.4 Å². The molecule has 1 aliphatic rings. The van der Waals surface area contributed by atoms with Crippen LogP contribution < -0.4 is 10.2 Å². The molecule has 2 heterocycles. The van der Waals surface area contributed by atoms with Gasteiger partial charge < -0.3 is 19.9 Å². The van der Waals surface area contributed by atoms with Gasteiger partial charge in [0.15, 0.2) is 0 Å². The minimum Gasteiger partial charge on any atom is -0.378 e. The highest BCUT2D eigenvalue weighted by Crippen LogP contribution is 2.14. The van der Waals surface area contributed by atoms with E-state index in [1.54, 1.807) is 13.0 Å². The van der Waals surface area contributed by atoms with Crippen molar-refractivity contribution in [2.45, 2.75) is 6.92 Å². The number of aryl methyl sites for hydroxylation is 1. The molecule has 1 saturated heterocycles. The largest absolute Gasteiger partial charge is 0.378 e. The highest BCUT2D eigenvalue weighted by atomic mass is 16.5. The molecule has 0 aliphatic carbocycles. The van der Waals surface area contributed by atoms with E-state index in [0.29, 0.717) is 31.3 Å². The lowest BCUT2D eigenvalue weighted by Crippen LogP contribution is -2.37. The summed E-state index contributed by atoms with van der Waals surface area (Å²) in [6, 6.07) is 1.75. The molecule has 0 saturated carbocycles. The standard InChI is InChI=1S/C14H23N5O2/c1-11-16-12(14(20)15-4-5-18(2)3)10-13(17-11)19-6-8-21-9-7-19/h10H,4-9H2,1-3H3,(H,15,20). The molecule has 1 N–H and O–H groups in total. The summed E-state index contributed by atoms with van der Waals surface area (Å²) in [6.45, 7) is 6.16. The van der Waals surface area contributed by atoms with Gasteiger partial charge in [-0.1, -0.05) is 0 Å². The highest BCUT2D eigenvalue weighted by Gasteiger charge is 2.16. The van der Waals surface area contributed by atoms with Gasteiger partial charge in [0.05, 0.1) is 13.2 Å². The Bertz CT molecular complexity index is 486. The van der Waals surface area contributed by atoms with Crippen LogP contribution in [0.15, 0.2) is 6.07 Å². The molecule has 0 spiro atoms. The molecule has 1 aliphatic heterocycles. The molecule has 21 heavy (non-hydrogen) atoms. The summed E-state index contributed by atoms with van der Waals surface area (Å²) in [5, 5.41) is 2.87. The van der Waals surface area contributed by atoms with Gasteiger partial charge in [-0.15, -0.1) is 0 Å². The molecule has 2 rings (SSSR count). The molecule has 0 atom stereocenters. The van der Waals surface area contributed by atoms with E-state index in [9.17, 15) is 4.79 Å². The highest BCUT2D eigenvalue weighted by molar-refractivity contribution is 5.92. The number of hydrogen-bond acceptors (Lipinski definition) is 6. The first-order valence-electron chi connectivity index (χ1n) is 7.17. The summed E-state index contributed by atoms with van der Waals surface area (Å²) >= 11 is 0. The Morgan fingerprint density at radius 1 is 1.38 bits per heavy atom. The fraction of sp³-hybridized carbons (Fsp3) is 0.643. The Morgan fingerprint density at radius 2 is 2.10 bits per heavy atom. The first kappa shape index (κ1) is 15.7. The van der Waals surface area contributed by atoms with Crippen LogP contribution in [0.4, 0.5) is 5.82 Å². The topological polar surface area (TPSA) is 70.6 Å². The maximum atomic E-state index is 12.2. The Morgan fingerprint density at radius 3 is 2.76 bits per heavy atom. The van der Waals surface area contributed by atoms with Gasteiger partial charge in [-0.2, -0.15) is 0 Å². The number of carbonyl (C=O) groups is 1. The summed E-state index contributed by atoms with van der Waals surface area (Å²) in [5.41, 5.74) is 0.419. The van der Waals surface area contributed by atoms with Gasteiger partial charge in [-0.3, -0.25) is 4.79 Å². The zero-order chi connectivity index (χ0) is 15.2. The van der Waals surface area contributed by atoms with Crippen molar-refractivity contribution in [1.29, 1.82) is 0 Å². The number of nitrogens with zero attached hydrogens (tertiary/aromatic N) is 4.